The minimum atomic E-state index is -0.429. The molecular formula is C26H25ClN4O3. The van der Waals surface area contributed by atoms with Gasteiger partial charge in [0.25, 0.3) is 0 Å². The maximum atomic E-state index is 12.8. The monoisotopic (exact) mass is 476 g/mol. The van der Waals surface area contributed by atoms with Gasteiger partial charge in [-0.1, -0.05) is 30.3 Å². The summed E-state index contributed by atoms with van der Waals surface area (Å²) >= 11 is 6.26. The lowest BCUT2D eigenvalue weighted by Gasteiger charge is -2.35. The average molecular weight is 477 g/mol. The van der Waals surface area contributed by atoms with Crippen LogP contribution >= 0.6 is 11.6 Å². The number of aromatic nitrogens is 3. The Kier molecular flexibility index (Phi) is 6.27. The smallest absolute Gasteiger partial charge is 0.415 e. The summed E-state index contributed by atoms with van der Waals surface area (Å²) in [6.45, 7) is 5.51. The van der Waals surface area contributed by atoms with E-state index in [0.717, 1.165) is 40.9 Å². The lowest BCUT2D eigenvalue weighted by molar-refractivity contribution is 0.121. The Morgan fingerprint density at radius 2 is 2.12 bits per heavy atom. The van der Waals surface area contributed by atoms with Crippen molar-refractivity contribution >= 4 is 28.6 Å². The van der Waals surface area contributed by atoms with Crippen LogP contribution in [0, 0.1) is 0 Å². The van der Waals surface area contributed by atoms with Crippen molar-refractivity contribution < 1.29 is 14.3 Å². The zero-order valence-corrected chi connectivity index (χ0v) is 19.4. The predicted molar refractivity (Wildman–Crippen MR) is 131 cm³/mol. The number of carbonyl (C=O) groups is 1. The molecule has 1 aliphatic heterocycles. The Hall–Kier alpha value is -3.71. The number of aryl methyl sites for hydroxylation is 1. The number of carbonyl (C=O) groups excluding carboxylic acids is 1. The molecule has 34 heavy (non-hydrogen) atoms. The van der Waals surface area contributed by atoms with E-state index in [1.807, 2.05) is 53.2 Å². The predicted octanol–water partition coefficient (Wildman–Crippen LogP) is 5.71. The molecule has 7 nitrogen and oxygen atoms in total. The lowest BCUT2D eigenvalue weighted by atomic mass is 9.92. The first kappa shape index (κ1) is 22.1. The maximum absolute atomic E-state index is 12.8. The van der Waals surface area contributed by atoms with E-state index in [1.54, 1.807) is 17.4 Å². The highest BCUT2D eigenvalue weighted by molar-refractivity contribution is 6.31. The van der Waals surface area contributed by atoms with E-state index < -0.39 is 6.09 Å². The minimum Gasteiger partial charge on any atom is -0.494 e. The number of halogens is 1. The molecule has 0 spiro atoms. The van der Waals surface area contributed by atoms with Crippen LogP contribution in [0.2, 0.25) is 5.02 Å². The molecule has 0 aliphatic carbocycles. The van der Waals surface area contributed by atoms with Crippen LogP contribution in [0.25, 0.3) is 10.9 Å². The quantitative estimate of drug-likeness (QED) is 0.274. The minimum absolute atomic E-state index is 0.322. The zero-order chi connectivity index (χ0) is 23.5. The van der Waals surface area contributed by atoms with Crippen LogP contribution in [-0.4, -0.2) is 38.7 Å². The summed E-state index contributed by atoms with van der Waals surface area (Å²) in [5, 5.41) is 1.77. The Morgan fingerprint density at radius 3 is 2.88 bits per heavy atom. The molecule has 0 radical (unpaired) electrons. The van der Waals surface area contributed by atoms with E-state index in [1.165, 1.54) is 11.8 Å². The molecule has 1 unspecified atom stereocenters. The number of rotatable bonds is 7. The van der Waals surface area contributed by atoms with E-state index in [9.17, 15) is 4.79 Å². The van der Waals surface area contributed by atoms with Crippen molar-refractivity contribution in [3.05, 3.63) is 95.9 Å². The van der Waals surface area contributed by atoms with Gasteiger partial charge in [0.2, 0.25) is 0 Å². The van der Waals surface area contributed by atoms with Gasteiger partial charge in [0.05, 0.1) is 19.2 Å². The Labute approximate surface area is 202 Å². The van der Waals surface area contributed by atoms with Crippen molar-refractivity contribution in [3.8, 4) is 5.75 Å². The first-order valence-electron chi connectivity index (χ1n) is 11.2. The summed E-state index contributed by atoms with van der Waals surface area (Å²) in [5.74, 6) is 0.786. The van der Waals surface area contributed by atoms with Gasteiger partial charge in [-0.3, -0.25) is 4.90 Å². The van der Waals surface area contributed by atoms with Crippen LogP contribution < -0.4 is 4.74 Å². The fourth-order valence-electron chi connectivity index (χ4n) is 4.55. The summed E-state index contributed by atoms with van der Waals surface area (Å²) < 4.78 is 13.1. The third kappa shape index (κ3) is 4.39. The van der Waals surface area contributed by atoms with Crippen molar-refractivity contribution in [2.45, 2.75) is 25.4 Å². The molecule has 1 amide bonds. The van der Waals surface area contributed by atoms with Crippen LogP contribution in [0.15, 0.2) is 74.0 Å². The number of benzene rings is 2. The highest BCUT2D eigenvalue weighted by Crippen LogP contribution is 2.39. The summed E-state index contributed by atoms with van der Waals surface area (Å²) in [6.07, 6.45) is 7.83. The van der Waals surface area contributed by atoms with Crippen molar-refractivity contribution in [2.75, 3.05) is 13.2 Å². The second-order valence-electron chi connectivity index (χ2n) is 8.18. The van der Waals surface area contributed by atoms with Gasteiger partial charge in [-0.15, -0.1) is 0 Å². The van der Waals surface area contributed by atoms with Gasteiger partial charge in [0.15, 0.2) is 0 Å². The van der Waals surface area contributed by atoms with Gasteiger partial charge in [0, 0.05) is 47.1 Å². The Bertz CT molecular complexity index is 1300. The molecule has 174 valence electrons. The van der Waals surface area contributed by atoms with E-state index in [0.29, 0.717) is 24.6 Å². The second-order valence-corrected chi connectivity index (χ2v) is 8.61. The molecule has 0 saturated heterocycles. The first-order chi connectivity index (χ1) is 16.6. The molecule has 0 fully saturated rings. The highest BCUT2D eigenvalue weighted by Gasteiger charge is 2.35. The number of aromatic amines is 1. The Morgan fingerprint density at radius 1 is 1.26 bits per heavy atom. The van der Waals surface area contributed by atoms with Gasteiger partial charge in [0.1, 0.15) is 11.8 Å². The van der Waals surface area contributed by atoms with Crippen LogP contribution in [0.3, 0.4) is 0 Å². The molecule has 1 atom stereocenters. The van der Waals surface area contributed by atoms with E-state index in [-0.39, 0.29) is 6.04 Å². The molecule has 2 aromatic carbocycles. The van der Waals surface area contributed by atoms with Gasteiger partial charge in [-0.2, -0.15) is 0 Å². The molecule has 1 aliphatic rings. The van der Waals surface area contributed by atoms with Crippen LogP contribution in [0.4, 0.5) is 4.79 Å². The summed E-state index contributed by atoms with van der Waals surface area (Å²) in [7, 11) is 0. The molecule has 3 heterocycles. The number of nitrogens with zero attached hydrogens (tertiary/aromatic N) is 3. The summed E-state index contributed by atoms with van der Waals surface area (Å²) in [6, 6.07) is 13.4. The average Bonchev–Trinajstić information content (AvgIpc) is 3.49. The number of ether oxygens (including phenoxy) is 2. The third-order valence-corrected chi connectivity index (χ3v) is 6.33. The molecule has 0 bridgehead atoms. The van der Waals surface area contributed by atoms with E-state index in [2.05, 4.69) is 16.5 Å². The molecule has 0 saturated carbocycles. The molecule has 8 heteroatoms. The van der Waals surface area contributed by atoms with Crippen LogP contribution in [-0.2, 0) is 17.7 Å². The fourth-order valence-corrected chi connectivity index (χ4v) is 4.72. The zero-order valence-electron chi connectivity index (χ0n) is 18.6. The summed E-state index contributed by atoms with van der Waals surface area (Å²) in [5.41, 5.74) is 4.10. The number of imidazole rings is 1. The van der Waals surface area contributed by atoms with Gasteiger partial charge >= 0.3 is 6.09 Å². The van der Waals surface area contributed by atoms with Gasteiger partial charge in [-0.25, -0.2) is 9.78 Å². The molecule has 5 rings (SSSR count). The second kappa shape index (κ2) is 9.65. The van der Waals surface area contributed by atoms with Crippen molar-refractivity contribution in [1.29, 1.82) is 0 Å². The van der Waals surface area contributed by atoms with E-state index in [4.69, 9.17) is 21.1 Å². The number of H-pyrrole nitrogens is 1. The number of hydrogen-bond donors (Lipinski definition) is 1. The molecule has 2 aromatic heterocycles. The highest BCUT2D eigenvalue weighted by atomic mass is 35.5. The molecule has 4 aromatic rings. The number of hydrogen-bond acceptors (Lipinski definition) is 4. The SMILES string of the molecule is C=COC(=O)N1CCc2c([nH]c3ccc(Cl)cc23)C1c1ccc(OCCCn2ccnc2)cc1. The number of amides is 1. The number of fused-ring (bicyclic) bond motifs is 3. The fraction of sp³-hybridized carbons (Fsp3) is 0.231. The normalized spacial score (nSPS) is 15.2. The first-order valence-corrected chi connectivity index (χ1v) is 11.6. The maximum Gasteiger partial charge on any atom is 0.415 e. The standard InChI is InChI=1S/C26H25ClN4O3/c1-2-33-26(32)31-13-10-21-22-16-19(27)6-9-23(22)29-24(21)25(31)18-4-7-20(8-5-18)34-15-3-12-30-14-11-28-17-30/h2,4-9,11,14,16-17,25,29H,1,3,10,12-13,15H2. The van der Waals surface area contributed by atoms with Crippen molar-refractivity contribution in [2.24, 2.45) is 0 Å². The van der Waals surface area contributed by atoms with E-state index >= 15 is 0 Å². The van der Waals surface area contributed by atoms with Crippen molar-refractivity contribution in [3.63, 3.8) is 0 Å². The largest absolute Gasteiger partial charge is 0.494 e. The molecular weight excluding hydrogens is 452 g/mol. The topological polar surface area (TPSA) is 72.4 Å². The summed E-state index contributed by atoms with van der Waals surface area (Å²) in [4.78, 5) is 22.1. The van der Waals surface area contributed by atoms with Gasteiger partial charge in [-0.05, 0) is 54.3 Å². The Balaban J connectivity index is 1.39. The molecule has 1 N–H and O–H groups in total. The van der Waals surface area contributed by atoms with Crippen LogP contribution in [0.1, 0.15) is 29.3 Å². The number of nitrogens with one attached hydrogen (secondary N) is 1. The third-order valence-electron chi connectivity index (χ3n) is 6.09. The lowest BCUT2D eigenvalue weighted by Crippen LogP contribution is -2.40. The van der Waals surface area contributed by atoms with Crippen molar-refractivity contribution in [1.82, 2.24) is 19.4 Å². The van der Waals surface area contributed by atoms with Gasteiger partial charge < -0.3 is 19.0 Å². The van der Waals surface area contributed by atoms with Crippen LogP contribution in [0.5, 0.6) is 5.75 Å².